The van der Waals surface area contributed by atoms with Crippen molar-refractivity contribution in [3.05, 3.63) is 71.8 Å². The van der Waals surface area contributed by atoms with Crippen molar-refractivity contribution in [2.45, 2.75) is 12.1 Å². The van der Waals surface area contributed by atoms with E-state index in [1.54, 1.807) is 0 Å². The van der Waals surface area contributed by atoms with E-state index >= 15 is 0 Å². The van der Waals surface area contributed by atoms with Crippen LogP contribution >= 0.6 is 0 Å². The highest BCUT2D eigenvalue weighted by atomic mass is 16.3. The Hall–Kier alpha value is -1.64. The summed E-state index contributed by atoms with van der Waals surface area (Å²) < 4.78 is 0. The van der Waals surface area contributed by atoms with Gasteiger partial charge in [0.25, 0.3) is 0 Å². The topological polar surface area (TPSA) is 46.2 Å². The largest absolute Gasteiger partial charge is 0.386 e. The van der Waals surface area contributed by atoms with Gasteiger partial charge < -0.3 is 10.8 Å². The van der Waals surface area contributed by atoms with E-state index in [2.05, 4.69) is 0 Å². The molecule has 0 aromatic heterocycles. The van der Waals surface area contributed by atoms with Crippen molar-refractivity contribution in [1.29, 1.82) is 0 Å². The molecule has 0 fully saturated rings. The molecular formula is C14H15NO. The zero-order valence-corrected chi connectivity index (χ0v) is 8.95. The van der Waals surface area contributed by atoms with Crippen LogP contribution in [0.4, 0.5) is 0 Å². The lowest BCUT2D eigenvalue weighted by molar-refractivity contribution is 0.147. The van der Waals surface area contributed by atoms with Gasteiger partial charge in [0.15, 0.2) is 0 Å². The molecule has 2 nitrogen and oxygen atoms in total. The van der Waals surface area contributed by atoms with Gasteiger partial charge in [0.1, 0.15) is 0 Å². The highest BCUT2D eigenvalue weighted by molar-refractivity contribution is 5.25. The molecule has 2 aromatic carbocycles. The van der Waals surface area contributed by atoms with Crippen molar-refractivity contribution in [2.24, 2.45) is 5.73 Å². The standard InChI is InChI=1S/C14H15NO/c15-13(11-7-3-1-4-8-11)14(16)12-9-5-2-6-10-12/h1-10,13-14,16H,15H2/t13-,14+/m1/s1. The smallest absolute Gasteiger partial charge is 0.0982 e. The quantitative estimate of drug-likeness (QED) is 0.822. The first-order valence-electron chi connectivity index (χ1n) is 5.32. The Morgan fingerprint density at radius 2 is 1.19 bits per heavy atom. The van der Waals surface area contributed by atoms with Gasteiger partial charge in [0.05, 0.1) is 12.1 Å². The molecular weight excluding hydrogens is 198 g/mol. The average molecular weight is 213 g/mol. The predicted molar refractivity (Wildman–Crippen MR) is 64.8 cm³/mol. The Balaban J connectivity index is 2.20. The van der Waals surface area contributed by atoms with E-state index in [4.69, 9.17) is 5.73 Å². The monoisotopic (exact) mass is 213 g/mol. The maximum Gasteiger partial charge on any atom is 0.0982 e. The van der Waals surface area contributed by atoms with Gasteiger partial charge in [-0.1, -0.05) is 60.7 Å². The molecule has 0 saturated carbocycles. The van der Waals surface area contributed by atoms with Gasteiger partial charge in [-0.25, -0.2) is 0 Å². The maximum absolute atomic E-state index is 10.1. The zero-order valence-electron chi connectivity index (χ0n) is 8.95. The first-order valence-corrected chi connectivity index (χ1v) is 5.32. The van der Waals surface area contributed by atoms with Crippen LogP contribution in [0.5, 0.6) is 0 Å². The van der Waals surface area contributed by atoms with Crippen LogP contribution in [-0.4, -0.2) is 5.11 Å². The van der Waals surface area contributed by atoms with Crippen LogP contribution in [0, 0.1) is 0 Å². The Kier molecular flexibility index (Phi) is 3.34. The lowest BCUT2D eigenvalue weighted by Gasteiger charge is -2.19. The molecule has 16 heavy (non-hydrogen) atoms. The Morgan fingerprint density at radius 3 is 1.69 bits per heavy atom. The molecule has 2 atom stereocenters. The third kappa shape index (κ3) is 2.30. The molecule has 0 aliphatic heterocycles. The number of aliphatic hydroxyl groups excluding tert-OH is 1. The summed E-state index contributed by atoms with van der Waals surface area (Å²) in [5.74, 6) is 0. The van der Waals surface area contributed by atoms with Crippen LogP contribution in [0.15, 0.2) is 60.7 Å². The molecule has 0 unspecified atom stereocenters. The van der Waals surface area contributed by atoms with Crippen LogP contribution in [-0.2, 0) is 0 Å². The summed E-state index contributed by atoms with van der Waals surface area (Å²) in [7, 11) is 0. The van der Waals surface area contributed by atoms with Crippen LogP contribution in [0.1, 0.15) is 23.3 Å². The second-order valence-electron chi connectivity index (χ2n) is 3.79. The first kappa shape index (κ1) is 10.9. The van der Waals surface area contributed by atoms with Crippen LogP contribution in [0.2, 0.25) is 0 Å². The summed E-state index contributed by atoms with van der Waals surface area (Å²) >= 11 is 0. The van der Waals surface area contributed by atoms with Crippen molar-refractivity contribution >= 4 is 0 Å². The molecule has 0 bridgehead atoms. The minimum absolute atomic E-state index is 0.386. The molecule has 0 spiro atoms. The number of aliphatic hydroxyl groups is 1. The second kappa shape index (κ2) is 4.92. The predicted octanol–water partition coefficient (Wildman–Crippen LogP) is 2.42. The van der Waals surface area contributed by atoms with Gasteiger partial charge in [-0.3, -0.25) is 0 Å². The Labute approximate surface area is 95.4 Å². The normalized spacial score (nSPS) is 14.4. The fourth-order valence-electron chi connectivity index (χ4n) is 1.72. The first-order chi connectivity index (χ1) is 7.79. The molecule has 0 saturated heterocycles. The summed E-state index contributed by atoms with van der Waals surface area (Å²) in [4.78, 5) is 0. The van der Waals surface area contributed by atoms with Gasteiger partial charge >= 0.3 is 0 Å². The molecule has 2 rings (SSSR count). The van der Waals surface area contributed by atoms with E-state index in [0.717, 1.165) is 11.1 Å². The van der Waals surface area contributed by atoms with E-state index in [-0.39, 0.29) is 6.04 Å². The SMILES string of the molecule is N[C@H](c1ccccc1)[C@@H](O)c1ccccc1. The van der Waals surface area contributed by atoms with Crippen molar-refractivity contribution in [3.63, 3.8) is 0 Å². The molecule has 0 amide bonds. The number of benzene rings is 2. The van der Waals surface area contributed by atoms with Crippen molar-refractivity contribution in [2.75, 3.05) is 0 Å². The fraction of sp³-hybridized carbons (Fsp3) is 0.143. The number of rotatable bonds is 3. The summed E-state index contributed by atoms with van der Waals surface area (Å²) in [5, 5.41) is 10.1. The lowest BCUT2D eigenvalue weighted by Crippen LogP contribution is -2.19. The summed E-state index contributed by atoms with van der Waals surface area (Å²) in [6.07, 6.45) is -0.663. The van der Waals surface area contributed by atoms with E-state index in [1.165, 1.54) is 0 Å². The van der Waals surface area contributed by atoms with Crippen molar-refractivity contribution in [1.82, 2.24) is 0 Å². The van der Waals surface area contributed by atoms with Gasteiger partial charge in [-0.05, 0) is 11.1 Å². The number of nitrogens with two attached hydrogens (primary N) is 1. The van der Waals surface area contributed by atoms with E-state index < -0.39 is 6.10 Å². The summed E-state index contributed by atoms with van der Waals surface area (Å²) in [6, 6.07) is 18.7. The molecule has 0 aliphatic carbocycles. The van der Waals surface area contributed by atoms with Crippen molar-refractivity contribution in [3.8, 4) is 0 Å². The van der Waals surface area contributed by atoms with Gasteiger partial charge in [0.2, 0.25) is 0 Å². The van der Waals surface area contributed by atoms with E-state index in [1.807, 2.05) is 60.7 Å². The minimum Gasteiger partial charge on any atom is -0.386 e. The molecule has 0 heterocycles. The Bertz CT molecular complexity index is 384. The summed E-state index contributed by atoms with van der Waals surface area (Å²) in [5.41, 5.74) is 7.81. The highest BCUT2D eigenvalue weighted by Gasteiger charge is 2.17. The molecule has 2 aromatic rings. The van der Waals surface area contributed by atoms with Gasteiger partial charge in [0, 0.05) is 0 Å². The van der Waals surface area contributed by atoms with E-state index in [9.17, 15) is 5.11 Å². The van der Waals surface area contributed by atoms with Crippen LogP contribution < -0.4 is 5.73 Å². The van der Waals surface area contributed by atoms with Gasteiger partial charge in [-0.15, -0.1) is 0 Å². The Morgan fingerprint density at radius 1 is 0.750 bits per heavy atom. The average Bonchev–Trinajstić information content (AvgIpc) is 2.39. The lowest BCUT2D eigenvalue weighted by atomic mass is 9.97. The third-order valence-corrected chi connectivity index (χ3v) is 2.67. The van der Waals surface area contributed by atoms with Gasteiger partial charge in [-0.2, -0.15) is 0 Å². The minimum atomic E-state index is -0.663. The molecule has 2 heteroatoms. The molecule has 3 N–H and O–H groups in total. The zero-order chi connectivity index (χ0) is 11.4. The van der Waals surface area contributed by atoms with Crippen LogP contribution in [0.3, 0.4) is 0 Å². The number of hydrogen-bond acceptors (Lipinski definition) is 2. The van der Waals surface area contributed by atoms with Crippen molar-refractivity contribution < 1.29 is 5.11 Å². The molecule has 0 aliphatic rings. The molecule has 0 radical (unpaired) electrons. The molecule has 82 valence electrons. The van der Waals surface area contributed by atoms with E-state index in [0.29, 0.717) is 0 Å². The third-order valence-electron chi connectivity index (χ3n) is 2.67. The number of hydrogen-bond donors (Lipinski definition) is 2. The maximum atomic E-state index is 10.1. The second-order valence-corrected chi connectivity index (χ2v) is 3.79. The summed E-state index contributed by atoms with van der Waals surface area (Å²) in [6.45, 7) is 0. The fourth-order valence-corrected chi connectivity index (χ4v) is 1.72. The highest BCUT2D eigenvalue weighted by Crippen LogP contribution is 2.25. The van der Waals surface area contributed by atoms with Crippen LogP contribution in [0.25, 0.3) is 0 Å².